The van der Waals surface area contributed by atoms with Gasteiger partial charge in [-0.3, -0.25) is 0 Å². The number of aromatic nitrogens is 1. The molecule has 0 saturated carbocycles. The molecule has 18 heavy (non-hydrogen) atoms. The van der Waals surface area contributed by atoms with Gasteiger partial charge < -0.3 is 4.74 Å². The lowest BCUT2D eigenvalue weighted by atomic mass is 10.2. The van der Waals surface area contributed by atoms with Crippen LogP contribution in [0, 0.1) is 24.1 Å². The molecule has 1 aromatic carbocycles. The van der Waals surface area contributed by atoms with E-state index in [1.807, 2.05) is 0 Å². The third-order valence-corrected chi connectivity index (χ3v) is 3.49. The minimum Gasteiger partial charge on any atom is -0.491 e. The number of nitrogens with zero attached hydrogens (tertiary/aromatic N) is 2. The van der Waals surface area contributed by atoms with E-state index < -0.39 is 5.82 Å². The number of thiazole rings is 1. The third-order valence-electron chi connectivity index (χ3n) is 2.38. The number of halogens is 1. The summed E-state index contributed by atoms with van der Waals surface area (Å²) in [7, 11) is 0. The van der Waals surface area contributed by atoms with Crippen LogP contribution in [0.25, 0.3) is 10.6 Å². The molecule has 0 aliphatic carbocycles. The van der Waals surface area contributed by atoms with Crippen LogP contribution in [0.4, 0.5) is 4.39 Å². The van der Waals surface area contributed by atoms with E-state index in [-0.39, 0.29) is 5.75 Å². The minimum atomic E-state index is -0.416. The maximum atomic E-state index is 13.7. The summed E-state index contributed by atoms with van der Waals surface area (Å²) in [5, 5.41) is 9.52. The van der Waals surface area contributed by atoms with Crippen LogP contribution in [0.3, 0.4) is 0 Å². The van der Waals surface area contributed by atoms with E-state index in [1.54, 1.807) is 26.0 Å². The van der Waals surface area contributed by atoms with Crippen LogP contribution in [0.1, 0.15) is 17.5 Å². The molecule has 0 aliphatic heterocycles. The number of aryl methyl sites for hydroxylation is 1. The topological polar surface area (TPSA) is 45.9 Å². The minimum absolute atomic E-state index is 0.232. The van der Waals surface area contributed by atoms with E-state index in [9.17, 15) is 4.39 Å². The molecule has 0 bridgehead atoms. The first-order valence-electron chi connectivity index (χ1n) is 5.46. The van der Waals surface area contributed by atoms with Gasteiger partial charge in [0.2, 0.25) is 0 Å². The molecule has 0 aliphatic rings. The Morgan fingerprint density at radius 3 is 2.83 bits per heavy atom. The first-order chi connectivity index (χ1) is 8.65. The Kier molecular flexibility index (Phi) is 3.58. The molecule has 0 saturated heterocycles. The Hall–Kier alpha value is -1.93. The molecule has 0 unspecified atom stereocenters. The number of hydrogen-bond acceptors (Lipinski definition) is 4. The smallest absolute Gasteiger partial charge is 0.165 e. The highest BCUT2D eigenvalue weighted by atomic mass is 32.1. The van der Waals surface area contributed by atoms with Gasteiger partial charge in [0.15, 0.2) is 11.6 Å². The van der Waals surface area contributed by atoms with Crippen LogP contribution in [-0.2, 0) is 0 Å². The molecule has 3 nitrogen and oxygen atoms in total. The van der Waals surface area contributed by atoms with Gasteiger partial charge in [-0.15, -0.1) is 11.3 Å². The van der Waals surface area contributed by atoms with Crippen molar-refractivity contribution < 1.29 is 9.13 Å². The van der Waals surface area contributed by atoms with E-state index in [4.69, 9.17) is 10.00 Å². The quantitative estimate of drug-likeness (QED) is 0.850. The molecule has 1 heterocycles. The number of rotatable bonds is 3. The molecule has 0 amide bonds. The van der Waals surface area contributed by atoms with Crippen LogP contribution in [-0.4, -0.2) is 11.6 Å². The Labute approximate surface area is 108 Å². The van der Waals surface area contributed by atoms with Crippen molar-refractivity contribution in [3.8, 4) is 22.4 Å². The third kappa shape index (κ3) is 2.34. The Bertz CT molecular complexity index is 616. The predicted molar refractivity (Wildman–Crippen MR) is 68.1 cm³/mol. The normalized spacial score (nSPS) is 10.1. The lowest BCUT2D eigenvalue weighted by molar-refractivity contribution is 0.321. The molecule has 0 spiro atoms. The lowest BCUT2D eigenvalue weighted by Gasteiger charge is -2.05. The van der Waals surface area contributed by atoms with E-state index in [1.165, 1.54) is 17.4 Å². The van der Waals surface area contributed by atoms with E-state index in [2.05, 4.69) is 11.1 Å². The monoisotopic (exact) mass is 262 g/mol. The molecule has 0 atom stereocenters. The molecule has 5 heteroatoms. The average molecular weight is 262 g/mol. The zero-order valence-corrected chi connectivity index (χ0v) is 10.8. The summed E-state index contributed by atoms with van der Waals surface area (Å²) in [5.41, 5.74) is 1.33. The van der Waals surface area contributed by atoms with Crippen molar-refractivity contribution in [2.24, 2.45) is 0 Å². The fourth-order valence-electron chi connectivity index (χ4n) is 1.53. The van der Waals surface area contributed by atoms with Crippen LogP contribution < -0.4 is 4.74 Å². The zero-order valence-electron chi connectivity index (χ0n) is 10.0. The summed E-state index contributed by atoms with van der Waals surface area (Å²) in [4.78, 5) is 4.81. The van der Waals surface area contributed by atoms with E-state index >= 15 is 0 Å². The molecule has 2 rings (SSSR count). The zero-order chi connectivity index (χ0) is 13.1. The van der Waals surface area contributed by atoms with Gasteiger partial charge in [-0.05, 0) is 32.0 Å². The fourth-order valence-corrected chi connectivity index (χ4v) is 2.39. The molecular weight excluding hydrogens is 251 g/mol. The van der Waals surface area contributed by atoms with E-state index in [0.717, 1.165) is 0 Å². The Morgan fingerprint density at radius 2 is 2.28 bits per heavy atom. The Morgan fingerprint density at radius 1 is 1.50 bits per heavy atom. The van der Waals surface area contributed by atoms with Crippen molar-refractivity contribution in [1.29, 1.82) is 5.26 Å². The predicted octanol–water partition coefficient (Wildman–Crippen LogP) is 3.53. The van der Waals surface area contributed by atoms with Gasteiger partial charge in [0.1, 0.15) is 16.0 Å². The second kappa shape index (κ2) is 5.15. The summed E-state index contributed by atoms with van der Waals surface area (Å²) >= 11 is 1.26. The number of ether oxygens (including phenoxy) is 1. The summed E-state index contributed by atoms with van der Waals surface area (Å²) in [5.74, 6) is -0.184. The summed E-state index contributed by atoms with van der Waals surface area (Å²) < 4.78 is 18.8. The maximum Gasteiger partial charge on any atom is 0.165 e. The van der Waals surface area contributed by atoms with Crippen LogP contribution >= 0.6 is 11.3 Å². The van der Waals surface area contributed by atoms with Crippen molar-refractivity contribution in [2.75, 3.05) is 6.61 Å². The van der Waals surface area contributed by atoms with Crippen molar-refractivity contribution in [3.05, 3.63) is 34.6 Å². The van der Waals surface area contributed by atoms with Gasteiger partial charge in [-0.2, -0.15) is 5.26 Å². The largest absolute Gasteiger partial charge is 0.491 e. The SMILES string of the molecule is CCOc1ccc(-c2nc(C)c(C#N)s2)cc1F. The van der Waals surface area contributed by atoms with Crippen molar-refractivity contribution in [3.63, 3.8) is 0 Å². The molecule has 0 fully saturated rings. The molecule has 0 radical (unpaired) electrons. The van der Waals surface area contributed by atoms with Gasteiger partial charge in [0.25, 0.3) is 0 Å². The second-order valence-corrected chi connectivity index (χ2v) is 4.62. The van der Waals surface area contributed by atoms with Crippen LogP contribution in [0.15, 0.2) is 18.2 Å². The van der Waals surface area contributed by atoms with Gasteiger partial charge >= 0.3 is 0 Å². The van der Waals surface area contributed by atoms with Gasteiger partial charge in [-0.25, -0.2) is 9.37 Å². The van der Waals surface area contributed by atoms with Gasteiger partial charge in [-0.1, -0.05) is 0 Å². The molecule has 1 aromatic heterocycles. The highest BCUT2D eigenvalue weighted by Gasteiger charge is 2.11. The molecular formula is C13H11FN2OS. The molecule has 2 aromatic rings. The number of hydrogen-bond donors (Lipinski definition) is 0. The first-order valence-corrected chi connectivity index (χ1v) is 6.27. The van der Waals surface area contributed by atoms with Gasteiger partial charge in [0.05, 0.1) is 12.3 Å². The van der Waals surface area contributed by atoms with Crippen LogP contribution in [0.5, 0.6) is 5.75 Å². The number of benzene rings is 1. The molecule has 92 valence electrons. The van der Waals surface area contributed by atoms with Gasteiger partial charge in [0, 0.05) is 5.56 Å². The standard InChI is InChI=1S/C13H11FN2OS/c1-3-17-11-5-4-9(6-10(11)14)13-16-8(2)12(7-15)18-13/h4-6H,3H2,1-2H3. The van der Waals surface area contributed by atoms with Crippen LogP contribution in [0.2, 0.25) is 0 Å². The summed E-state index contributed by atoms with van der Waals surface area (Å²) in [6, 6.07) is 6.77. The number of nitriles is 1. The van der Waals surface area contributed by atoms with Crippen molar-refractivity contribution >= 4 is 11.3 Å². The highest BCUT2D eigenvalue weighted by Crippen LogP contribution is 2.30. The van der Waals surface area contributed by atoms with Crippen molar-refractivity contribution in [1.82, 2.24) is 4.98 Å². The average Bonchev–Trinajstić information content (AvgIpc) is 2.73. The fraction of sp³-hybridized carbons (Fsp3) is 0.231. The first kappa shape index (κ1) is 12.5. The lowest BCUT2D eigenvalue weighted by Crippen LogP contribution is -1.94. The summed E-state index contributed by atoms with van der Waals surface area (Å²) in [6.07, 6.45) is 0. The molecule has 0 N–H and O–H groups in total. The summed E-state index contributed by atoms with van der Waals surface area (Å²) in [6.45, 7) is 3.99. The van der Waals surface area contributed by atoms with Crippen molar-refractivity contribution in [2.45, 2.75) is 13.8 Å². The Balaban J connectivity index is 2.39. The highest BCUT2D eigenvalue weighted by molar-refractivity contribution is 7.15. The second-order valence-electron chi connectivity index (χ2n) is 3.62. The van der Waals surface area contributed by atoms with E-state index in [0.29, 0.717) is 27.7 Å². The maximum absolute atomic E-state index is 13.7.